The van der Waals surface area contributed by atoms with Gasteiger partial charge >= 0.3 is 0 Å². The number of ether oxygens (including phenoxy) is 1. The lowest BCUT2D eigenvalue weighted by Gasteiger charge is -2.25. The summed E-state index contributed by atoms with van der Waals surface area (Å²) in [6.45, 7) is 10.3. The van der Waals surface area contributed by atoms with Crippen LogP contribution in [0, 0.1) is 5.92 Å². The highest BCUT2D eigenvalue weighted by atomic mass is 16.5. The molecule has 0 amide bonds. The van der Waals surface area contributed by atoms with E-state index in [0.29, 0.717) is 5.92 Å². The predicted octanol–water partition coefficient (Wildman–Crippen LogP) is 4.20. The van der Waals surface area contributed by atoms with E-state index in [9.17, 15) is 5.11 Å². The average molecular weight is 264 g/mol. The van der Waals surface area contributed by atoms with Gasteiger partial charge in [-0.25, -0.2) is 0 Å². The molecular formula is C17H28O2. The van der Waals surface area contributed by atoms with Gasteiger partial charge in [0, 0.05) is 0 Å². The number of hydrogen-bond donors (Lipinski definition) is 1. The minimum absolute atomic E-state index is 0.194. The van der Waals surface area contributed by atoms with E-state index in [0.717, 1.165) is 25.0 Å². The van der Waals surface area contributed by atoms with Crippen molar-refractivity contribution in [2.75, 3.05) is 0 Å². The first-order chi connectivity index (χ1) is 8.78. The van der Waals surface area contributed by atoms with E-state index in [1.807, 2.05) is 32.9 Å². The third-order valence-electron chi connectivity index (χ3n) is 3.07. The second-order valence-corrected chi connectivity index (χ2v) is 6.41. The zero-order valence-electron chi connectivity index (χ0n) is 12.9. The van der Waals surface area contributed by atoms with Crippen molar-refractivity contribution in [1.82, 2.24) is 0 Å². The minimum atomic E-state index is -0.580. The topological polar surface area (TPSA) is 29.5 Å². The van der Waals surface area contributed by atoms with Gasteiger partial charge in [-0.15, -0.1) is 0 Å². The van der Waals surface area contributed by atoms with Gasteiger partial charge in [0.1, 0.15) is 5.75 Å². The van der Waals surface area contributed by atoms with Crippen LogP contribution < -0.4 is 4.74 Å². The summed E-state index contributed by atoms with van der Waals surface area (Å²) in [6, 6.07) is 8.17. The van der Waals surface area contributed by atoms with E-state index >= 15 is 0 Å². The quantitative estimate of drug-likeness (QED) is 0.799. The molecule has 1 rings (SSSR count). The zero-order chi connectivity index (χ0) is 14.5. The van der Waals surface area contributed by atoms with Crippen LogP contribution in [0.25, 0.3) is 0 Å². The van der Waals surface area contributed by atoms with Crippen LogP contribution in [0.15, 0.2) is 24.3 Å². The fraction of sp³-hybridized carbons (Fsp3) is 0.647. The van der Waals surface area contributed by atoms with Crippen molar-refractivity contribution in [2.45, 2.75) is 65.6 Å². The smallest absolute Gasteiger partial charge is 0.119 e. The van der Waals surface area contributed by atoms with Crippen molar-refractivity contribution in [3.05, 3.63) is 29.8 Å². The third-order valence-corrected chi connectivity index (χ3v) is 3.07. The van der Waals surface area contributed by atoms with Gasteiger partial charge in [-0.05, 0) is 63.6 Å². The molecule has 2 nitrogen and oxygen atoms in total. The molecule has 1 aromatic rings. The number of aryl methyl sites for hydroxylation is 1. The highest BCUT2D eigenvalue weighted by Gasteiger charge is 2.21. The summed E-state index contributed by atoms with van der Waals surface area (Å²) in [5.74, 6) is 1.43. The molecule has 1 atom stereocenters. The molecule has 0 heterocycles. The monoisotopic (exact) mass is 264 g/mol. The Kier molecular flexibility index (Phi) is 5.86. The molecule has 1 aromatic carbocycles. The molecule has 0 bridgehead atoms. The second-order valence-electron chi connectivity index (χ2n) is 6.41. The van der Waals surface area contributed by atoms with Crippen LogP contribution in [0.4, 0.5) is 0 Å². The maximum atomic E-state index is 10.3. The van der Waals surface area contributed by atoms with Crippen molar-refractivity contribution in [3.8, 4) is 5.75 Å². The Hall–Kier alpha value is -1.02. The van der Waals surface area contributed by atoms with Gasteiger partial charge < -0.3 is 9.84 Å². The molecule has 0 aliphatic heterocycles. The van der Waals surface area contributed by atoms with Gasteiger partial charge in [-0.2, -0.15) is 0 Å². The molecule has 0 aliphatic carbocycles. The van der Waals surface area contributed by atoms with Crippen LogP contribution in [0.5, 0.6) is 5.75 Å². The van der Waals surface area contributed by atoms with Crippen molar-refractivity contribution in [2.24, 2.45) is 5.92 Å². The summed E-state index contributed by atoms with van der Waals surface area (Å²) in [7, 11) is 0. The molecule has 0 fully saturated rings. The van der Waals surface area contributed by atoms with Gasteiger partial charge in [-0.3, -0.25) is 0 Å². The number of benzene rings is 1. The Labute approximate surface area is 117 Å². The molecule has 0 aromatic heterocycles. The fourth-order valence-electron chi connectivity index (χ4n) is 2.44. The standard InChI is InChI=1S/C17H28O2/c1-13(2)12-17(5,18)10-9-15-7-6-8-16(11-15)19-14(3)4/h6-8,11,13-14,18H,9-10,12H2,1-5H3. The highest BCUT2D eigenvalue weighted by Crippen LogP contribution is 2.23. The van der Waals surface area contributed by atoms with Crippen LogP contribution >= 0.6 is 0 Å². The number of rotatable bonds is 7. The second kappa shape index (κ2) is 6.95. The minimum Gasteiger partial charge on any atom is -0.491 e. The van der Waals surface area contributed by atoms with Crippen LogP contribution in [0.3, 0.4) is 0 Å². The first kappa shape index (κ1) is 16.0. The van der Waals surface area contributed by atoms with E-state index in [1.165, 1.54) is 5.56 Å². The van der Waals surface area contributed by atoms with Gasteiger partial charge in [0.25, 0.3) is 0 Å². The fourth-order valence-corrected chi connectivity index (χ4v) is 2.44. The van der Waals surface area contributed by atoms with E-state index in [1.54, 1.807) is 0 Å². The molecule has 0 saturated heterocycles. The highest BCUT2D eigenvalue weighted by molar-refractivity contribution is 5.28. The summed E-state index contributed by atoms with van der Waals surface area (Å²) >= 11 is 0. The molecular weight excluding hydrogens is 236 g/mol. The van der Waals surface area contributed by atoms with Crippen molar-refractivity contribution in [3.63, 3.8) is 0 Å². The lowest BCUT2D eigenvalue weighted by molar-refractivity contribution is 0.0302. The number of hydrogen-bond acceptors (Lipinski definition) is 2. The molecule has 2 heteroatoms. The average Bonchev–Trinajstić information content (AvgIpc) is 2.24. The van der Waals surface area contributed by atoms with Crippen molar-refractivity contribution < 1.29 is 9.84 Å². The van der Waals surface area contributed by atoms with E-state index in [4.69, 9.17) is 4.74 Å². The Morgan fingerprint density at radius 1 is 1.21 bits per heavy atom. The normalized spacial score (nSPS) is 14.7. The Morgan fingerprint density at radius 3 is 2.47 bits per heavy atom. The van der Waals surface area contributed by atoms with E-state index in [2.05, 4.69) is 26.0 Å². The summed E-state index contributed by atoms with van der Waals surface area (Å²) < 4.78 is 5.69. The van der Waals surface area contributed by atoms with Crippen LogP contribution in [-0.2, 0) is 6.42 Å². The van der Waals surface area contributed by atoms with Gasteiger partial charge in [0.15, 0.2) is 0 Å². The van der Waals surface area contributed by atoms with Gasteiger partial charge in [-0.1, -0.05) is 26.0 Å². The first-order valence-electron chi connectivity index (χ1n) is 7.26. The van der Waals surface area contributed by atoms with Crippen molar-refractivity contribution in [1.29, 1.82) is 0 Å². The van der Waals surface area contributed by atoms with Gasteiger partial charge in [0.05, 0.1) is 11.7 Å². The molecule has 1 unspecified atom stereocenters. The van der Waals surface area contributed by atoms with Crippen LogP contribution in [0.2, 0.25) is 0 Å². The zero-order valence-corrected chi connectivity index (χ0v) is 12.9. The SMILES string of the molecule is CC(C)CC(C)(O)CCc1cccc(OC(C)C)c1. The molecule has 0 saturated carbocycles. The molecule has 108 valence electrons. The maximum absolute atomic E-state index is 10.3. The summed E-state index contributed by atoms with van der Waals surface area (Å²) in [5, 5.41) is 10.3. The summed E-state index contributed by atoms with van der Waals surface area (Å²) in [5.41, 5.74) is 0.644. The molecule has 19 heavy (non-hydrogen) atoms. The lowest BCUT2D eigenvalue weighted by Crippen LogP contribution is -2.26. The molecule has 0 radical (unpaired) electrons. The Balaban J connectivity index is 2.57. The largest absolute Gasteiger partial charge is 0.491 e. The maximum Gasteiger partial charge on any atom is 0.119 e. The first-order valence-corrected chi connectivity index (χ1v) is 7.26. The lowest BCUT2D eigenvalue weighted by atomic mass is 9.88. The molecule has 0 spiro atoms. The Morgan fingerprint density at radius 2 is 1.89 bits per heavy atom. The summed E-state index contributed by atoms with van der Waals surface area (Å²) in [4.78, 5) is 0. The van der Waals surface area contributed by atoms with Crippen LogP contribution in [-0.4, -0.2) is 16.8 Å². The van der Waals surface area contributed by atoms with Crippen LogP contribution in [0.1, 0.15) is 53.0 Å². The molecule has 0 aliphatic rings. The summed E-state index contributed by atoms with van der Waals surface area (Å²) in [6.07, 6.45) is 2.71. The van der Waals surface area contributed by atoms with Crippen molar-refractivity contribution >= 4 is 0 Å². The number of aliphatic hydroxyl groups is 1. The van der Waals surface area contributed by atoms with E-state index < -0.39 is 5.60 Å². The Bertz CT molecular complexity index is 381. The third kappa shape index (κ3) is 6.63. The predicted molar refractivity (Wildman–Crippen MR) is 80.6 cm³/mol. The molecule has 1 N–H and O–H groups in total. The van der Waals surface area contributed by atoms with Gasteiger partial charge in [0.2, 0.25) is 0 Å². The van der Waals surface area contributed by atoms with E-state index in [-0.39, 0.29) is 6.10 Å².